The number of aromatic nitrogens is 3. The van der Waals surface area contributed by atoms with Gasteiger partial charge in [-0.3, -0.25) is 0 Å². The summed E-state index contributed by atoms with van der Waals surface area (Å²) in [5, 5.41) is 5.16. The summed E-state index contributed by atoms with van der Waals surface area (Å²) in [6.07, 6.45) is 9.97. The Morgan fingerprint density at radius 3 is 2.65 bits per heavy atom. The molecule has 2 fully saturated rings. The number of unbranched alkanes of at least 4 members (excludes halogenated alkanes) is 1. The van der Waals surface area contributed by atoms with Crippen molar-refractivity contribution in [2.45, 2.75) is 96.0 Å². The van der Waals surface area contributed by atoms with Gasteiger partial charge in [-0.05, 0) is 68.2 Å². The Labute approximate surface area is 235 Å². The number of ether oxygens (including phenoxy) is 3. The van der Waals surface area contributed by atoms with E-state index in [0.717, 1.165) is 67.2 Å². The van der Waals surface area contributed by atoms with Crippen LogP contribution in [0.15, 0.2) is 30.6 Å². The Morgan fingerprint density at radius 2 is 1.90 bits per heavy atom. The van der Waals surface area contributed by atoms with Gasteiger partial charge >= 0.3 is 5.97 Å². The highest BCUT2D eigenvalue weighted by Gasteiger charge is 2.41. The van der Waals surface area contributed by atoms with E-state index in [4.69, 9.17) is 34.9 Å². The van der Waals surface area contributed by atoms with Crippen molar-refractivity contribution < 1.29 is 19.0 Å². The molecular weight excluding hydrogens is 506 g/mol. The second-order valence-corrected chi connectivity index (χ2v) is 11.9. The van der Waals surface area contributed by atoms with Gasteiger partial charge in [0.25, 0.3) is 0 Å². The molecule has 6 rings (SSSR count). The van der Waals surface area contributed by atoms with E-state index in [1.54, 1.807) is 18.3 Å². The van der Waals surface area contributed by atoms with Crippen LogP contribution in [-0.4, -0.2) is 45.8 Å². The highest BCUT2D eigenvalue weighted by molar-refractivity contribution is 5.93. The van der Waals surface area contributed by atoms with Gasteiger partial charge in [0.2, 0.25) is 5.88 Å². The van der Waals surface area contributed by atoms with Crippen molar-refractivity contribution in [1.82, 2.24) is 15.0 Å². The molecule has 0 radical (unpaired) electrons. The number of nitrogens with two attached hydrogens (primary N) is 1. The van der Waals surface area contributed by atoms with Crippen molar-refractivity contribution in [3.05, 3.63) is 47.4 Å². The molecule has 0 bridgehead atoms. The zero-order valence-electron chi connectivity index (χ0n) is 23.8. The molecule has 3 aliphatic rings. The lowest BCUT2D eigenvalue weighted by Gasteiger charge is -2.35. The van der Waals surface area contributed by atoms with Crippen molar-refractivity contribution in [3.8, 4) is 5.88 Å². The number of carbonyl (C=O) groups is 1. The fraction of sp³-hybridized carbons (Fsp3) is 0.548. The van der Waals surface area contributed by atoms with E-state index in [9.17, 15) is 4.79 Å². The number of nitrogens with zero attached hydrogens (tertiary/aromatic N) is 3. The molecule has 0 aromatic carbocycles. The fourth-order valence-corrected chi connectivity index (χ4v) is 5.66. The average molecular weight is 546 g/mol. The molecular formula is C31H39N5O4. The van der Waals surface area contributed by atoms with Crippen molar-refractivity contribution in [1.29, 1.82) is 0 Å². The van der Waals surface area contributed by atoms with Crippen LogP contribution in [-0.2, 0) is 15.0 Å². The fourth-order valence-electron chi connectivity index (χ4n) is 5.66. The van der Waals surface area contributed by atoms with Gasteiger partial charge in [0.05, 0.1) is 22.7 Å². The Morgan fingerprint density at radius 1 is 1.10 bits per heavy atom. The molecule has 9 nitrogen and oxygen atoms in total. The lowest BCUT2D eigenvalue weighted by atomic mass is 9.86. The number of carbonyl (C=O) groups excluding carboxylic acids is 1. The van der Waals surface area contributed by atoms with Gasteiger partial charge in [-0.15, -0.1) is 0 Å². The Bertz CT molecular complexity index is 1420. The molecule has 2 saturated carbocycles. The quantitative estimate of drug-likeness (QED) is 0.242. The maximum absolute atomic E-state index is 12.3. The Kier molecular flexibility index (Phi) is 7.12. The van der Waals surface area contributed by atoms with Crippen molar-refractivity contribution in [2.75, 3.05) is 11.9 Å². The van der Waals surface area contributed by atoms with Crippen LogP contribution in [0, 0.1) is 5.92 Å². The van der Waals surface area contributed by atoms with E-state index >= 15 is 0 Å². The molecule has 3 aromatic rings. The molecule has 4 heterocycles. The number of pyridine rings is 3. The summed E-state index contributed by atoms with van der Waals surface area (Å²) in [5.74, 6) is 1.92. The first-order valence-electron chi connectivity index (χ1n) is 14.6. The molecule has 1 aliphatic heterocycles. The number of rotatable bonds is 10. The predicted octanol–water partition coefficient (Wildman–Crippen LogP) is 5.74. The summed E-state index contributed by atoms with van der Waals surface area (Å²) in [4.78, 5) is 26.5. The highest BCUT2D eigenvalue weighted by Crippen LogP contribution is 2.46. The molecule has 3 N–H and O–H groups in total. The summed E-state index contributed by atoms with van der Waals surface area (Å²) < 4.78 is 17.7. The van der Waals surface area contributed by atoms with Gasteiger partial charge in [-0.2, -0.15) is 0 Å². The highest BCUT2D eigenvalue weighted by atomic mass is 16.5. The number of cyclic esters (lactones) is 1. The van der Waals surface area contributed by atoms with Crippen LogP contribution < -0.4 is 15.8 Å². The van der Waals surface area contributed by atoms with Crippen LogP contribution >= 0.6 is 0 Å². The maximum atomic E-state index is 12.3. The second kappa shape index (κ2) is 10.6. The molecule has 9 heteroatoms. The van der Waals surface area contributed by atoms with Crippen LogP contribution in [0.4, 0.5) is 11.6 Å². The van der Waals surface area contributed by atoms with Gasteiger partial charge < -0.3 is 25.3 Å². The average Bonchev–Trinajstić information content (AvgIpc) is 3.76. The molecule has 0 saturated heterocycles. The zero-order chi connectivity index (χ0) is 28.0. The lowest BCUT2D eigenvalue weighted by Crippen LogP contribution is -2.40. The van der Waals surface area contributed by atoms with Gasteiger partial charge in [-0.25, -0.2) is 19.7 Å². The molecule has 40 heavy (non-hydrogen) atoms. The topological polar surface area (TPSA) is 121 Å². The number of esters is 1. The van der Waals surface area contributed by atoms with Gasteiger partial charge in [0.15, 0.2) is 0 Å². The van der Waals surface area contributed by atoms with Crippen LogP contribution in [0.1, 0.15) is 93.8 Å². The molecule has 212 valence electrons. The van der Waals surface area contributed by atoms with Crippen LogP contribution in [0.3, 0.4) is 0 Å². The first kappa shape index (κ1) is 26.9. The Hall–Kier alpha value is -3.30. The molecule has 0 amide bonds. The SMILES string of the molecule is CCCCOC1CC(Oc2ncc(C(C)(N)C3CC3)c3cc(Nc4ccc5c(n4)[C@@H](C)[C@H](C)OC5=O)ncc23)C1. The monoisotopic (exact) mass is 545 g/mol. The van der Waals surface area contributed by atoms with Gasteiger partial charge in [0.1, 0.15) is 23.8 Å². The van der Waals surface area contributed by atoms with Gasteiger partial charge in [0, 0.05) is 43.3 Å². The molecule has 3 atom stereocenters. The summed E-state index contributed by atoms with van der Waals surface area (Å²) in [6.45, 7) is 8.97. The van der Waals surface area contributed by atoms with Crippen LogP contribution in [0.5, 0.6) is 5.88 Å². The molecule has 3 aromatic heterocycles. The summed E-state index contributed by atoms with van der Waals surface area (Å²) in [7, 11) is 0. The largest absolute Gasteiger partial charge is 0.474 e. The van der Waals surface area contributed by atoms with Crippen molar-refractivity contribution in [2.24, 2.45) is 11.7 Å². The van der Waals surface area contributed by atoms with E-state index < -0.39 is 5.54 Å². The molecule has 2 aliphatic carbocycles. The van der Waals surface area contributed by atoms with Crippen LogP contribution in [0.2, 0.25) is 0 Å². The first-order chi connectivity index (χ1) is 19.2. The van der Waals surface area contributed by atoms with Crippen molar-refractivity contribution in [3.63, 3.8) is 0 Å². The minimum absolute atomic E-state index is 0.00367. The van der Waals surface area contributed by atoms with E-state index in [1.165, 1.54) is 0 Å². The standard InChI is InChI=1S/C31H39N5O4/c1-5-6-11-38-20-12-21(13-20)40-29-24-15-33-27(14-23(24)25(16-34-29)31(4,32)19-7-8-19)35-26-10-9-22-28(36-26)17(2)18(3)39-30(22)37/h9-10,14-21H,5-8,11-13,32H2,1-4H3,(H,33,35,36)/t17-,18-,20?,21?,31?/m0/s1. The normalized spacial score (nSPS) is 25.5. The third-order valence-electron chi connectivity index (χ3n) is 8.75. The maximum Gasteiger partial charge on any atom is 0.340 e. The molecule has 0 spiro atoms. The smallest absolute Gasteiger partial charge is 0.340 e. The summed E-state index contributed by atoms with van der Waals surface area (Å²) in [6, 6.07) is 5.55. The third kappa shape index (κ3) is 5.12. The molecule has 1 unspecified atom stereocenters. The minimum atomic E-state index is -0.507. The number of hydrogen-bond acceptors (Lipinski definition) is 9. The number of fused-ring (bicyclic) bond motifs is 2. The zero-order valence-corrected chi connectivity index (χ0v) is 23.8. The van der Waals surface area contributed by atoms with Gasteiger partial charge in [-0.1, -0.05) is 20.3 Å². The van der Waals surface area contributed by atoms with Crippen LogP contribution in [0.25, 0.3) is 10.8 Å². The first-order valence-corrected chi connectivity index (χ1v) is 14.6. The number of nitrogens with one attached hydrogen (secondary N) is 1. The lowest BCUT2D eigenvalue weighted by molar-refractivity contribution is -0.0620. The Balaban J connectivity index is 1.28. The summed E-state index contributed by atoms with van der Waals surface area (Å²) in [5.41, 5.74) is 8.62. The second-order valence-electron chi connectivity index (χ2n) is 11.9. The number of hydrogen-bond donors (Lipinski definition) is 2. The van der Waals surface area contributed by atoms with E-state index in [2.05, 4.69) is 19.2 Å². The van der Waals surface area contributed by atoms with Crippen molar-refractivity contribution >= 4 is 28.4 Å². The van der Waals surface area contributed by atoms with E-state index in [1.807, 2.05) is 26.1 Å². The van der Waals surface area contributed by atoms with E-state index in [-0.39, 0.29) is 30.2 Å². The minimum Gasteiger partial charge on any atom is -0.474 e. The summed E-state index contributed by atoms with van der Waals surface area (Å²) >= 11 is 0. The third-order valence-corrected chi connectivity index (χ3v) is 8.75. The van der Waals surface area contributed by atoms with E-state index in [0.29, 0.717) is 29.0 Å². The predicted molar refractivity (Wildman–Crippen MR) is 153 cm³/mol. The number of anilines is 2.